The van der Waals surface area contributed by atoms with Crippen LogP contribution in [0.2, 0.25) is 0 Å². The number of hydrogen-bond donors (Lipinski definition) is 3. The van der Waals surface area contributed by atoms with Crippen molar-refractivity contribution >= 4 is 22.7 Å². The molecule has 3 aromatic rings. The molecule has 1 aromatic heterocycles. The number of carbonyl (C=O) groups excluding carboxylic acids is 1. The molecule has 5 rings (SSSR count). The Labute approximate surface area is 227 Å². The van der Waals surface area contributed by atoms with E-state index in [-0.39, 0.29) is 51.4 Å². The number of halogens is 2. The Hall–Kier alpha value is -3.37. The van der Waals surface area contributed by atoms with Gasteiger partial charge in [0, 0.05) is 59.6 Å². The number of fused-ring (bicyclic) bond motifs is 3. The van der Waals surface area contributed by atoms with E-state index < -0.39 is 18.4 Å². The van der Waals surface area contributed by atoms with Crippen LogP contribution in [0, 0.1) is 0 Å². The van der Waals surface area contributed by atoms with Crippen LogP contribution in [0.3, 0.4) is 0 Å². The Morgan fingerprint density at radius 1 is 1.23 bits per heavy atom. The number of alkyl carbamates (subject to hydrolysis) is 1. The second-order valence-corrected chi connectivity index (χ2v) is 10.3. The summed E-state index contributed by atoms with van der Waals surface area (Å²) in [5.74, 6) is 0.677. The molecular weight excluding hydrogens is 506 g/mol. The summed E-state index contributed by atoms with van der Waals surface area (Å²) in [6.45, 7) is 2.94. The van der Waals surface area contributed by atoms with E-state index >= 15 is 4.39 Å². The van der Waals surface area contributed by atoms with Crippen molar-refractivity contribution in [3.63, 3.8) is 0 Å². The van der Waals surface area contributed by atoms with Crippen LogP contribution in [0.25, 0.3) is 10.9 Å². The normalized spacial score (nSPS) is 20.2. The van der Waals surface area contributed by atoms with Gasteiger partial charge in [-0.3, -0.25) is 9.29 Å². The predicted octanol–water partition coefficient (Wildman–Crippen LogP) is 4.75. The van der Waals surface area contributed by atoms with Crippen molar-refractivity contribution in [2.45, 2.75) is 37.5 Å². The fourth-order valence-electron chi connectivity index (χ4n) is 5.52. The van der Waals surface area contributed by atoms with Gasteiger partial charge in [0.25, 0.3) is 0 Å². The largest absolute Gasteiger partial charge is 0.496 e. The van der Waals surface area contributed by atoms with Crippen molar-refractivity contribution in [2.75, 3.05) is 58.6 Å². The van der Waals surface area contributed by atoms with Crippen molar-refractivity contribution in [1.29, 1.82) is 0 Å². The van der Waals surface area contributed by atoms with Crippen LogP contribution in [0.15, 0.2) is 42.5 Å². The second kappa shape index (κ2) is 11.8. The monoisotopic (exact) mass is 542 g/mol. The molecule has 0 radical (unpaired) electrons. The molecule has 0 spiro atoms. The lowest BCUT2D eigenvalue weighted by atomic mass is 9.86. The van der Waals surface area contributed by atoms with Crippen molar-refractivity contribution < 1.29 is 27.8 Å². The molecule has 3 N–H and O–H groups in total. The van der Waals surface area contributed by atoms with E-state index in [1.807, 2.05) is 30.3 Å². The molecule has 1 saturated heterocycles. The topological polar surface area (TPSA) is 87.8 Å². The summed E-state index contributed by atoms with van der Waals surface area (Å²) in [6, 6.07) is 14.0. The van der Waals surface area contributed by atoms with E-state index in [4.69, 9.17) is 14.2 Å². The first-order chi connectivity index (χ1) is 18.9. The van der Waals surface area contributed by atoms with Crippen molar-refractivity contribution in [1.82, 2.24) is 15.2 Å². The van der Waals surface area contributed by atoms with Crippen LogP contribution in [0.4, 0.5) is 19.3 Å². The highest BCUT2D eigenvalue weighted by Gasteiger charge is 2.46. The predicted molar refractivity (Wildman–Crippen MR) is 146 cm³/mol. The number of methoxy groups -OCH3 is 1. The van der Waals surface area contributed by atoms with Crippen LogP contribution >= 0.6 is 0 Å². The number of ether oxygens (including phenoxy) is 3. The minimum Gasteiger partial charge on any atom is -0.496 e. The number of para-hydroxylation sites is 1. The van der Waals surface area contributed by atoms with Crippen LogP contribution in [0.5, 0.6) is 5.75 Å². The molecule has 8 nitrogen and oxygen atoms in total. The van der Waals surface area contributed by atoms with Gasteiger partial charge in [-0.25, -0.2) is 9.18 Å². The first kappa shape index (κ1) is 27.2. The number of nitrogens with one attached hydrogen (secondary N) is 3. The van der Waals surface area contributed by atoms with Crippen LogP contribution < -0.4 is 15.4 Å². The minimum absolute atomic E-state index is 0.102. The van der Waals surface area contributed by atoms with Gasteiger partial charge in [0.2, 0.25) is 0 Å². The summed E-state index contributed by atoms with van der Waals surface area (Å²) in [5.41, 5.74) is 3.75. The molecule has 210 valence electrons. The molecule has 3 heterocycles. The number of anilines is 1. The zero-order valence-electron chi connectivity index (χ0n) is 22.4. The Morgan fingerprint density at radius 2 is 2.05 bits per heavy atom. The number of benzene rings is 2. The van der Waals surface area contributed by atoms with Crippen LogP contribution in [-0.4, -0.2) is 80.9 Å². The minimum atomic E-state index is -1.37. The lowest BCUT2D eigenvalue weighted by molar-refractivity contribution is -0.147. The third-order valence-corrected chi connectivity index (χ3v) is 7.48. The average molecular weight is 543 g/mol. The highest BCUT2D eigenvalue weighted by molar-refractivity contribution is 5.85. The van der Waals surface area contributed by atoms with Gasteiger partial charge in [-0.2, -0.15) is 0 Å². The maximum absolute atomic E-state index is 15.4. The van der Waals surface area contributed by atoms with E-state index in [2.05, 4.69) is 39.6 Å². The number of H-pyrrole nitrogens is 1. The Bertz CT molecular complexity index is 1300. The average Bonchev–Trinajstić information content (AvgIpc) is 3.28. The molecule has 39 heavy (non-hydrogen) atoms. The first-order valence-corrected chi connectivity index (χ1v) is 13.4. The molecule has 0 unspecified atom stereocenters. The number of carbonyl (C=O) groups is 1. The molecule has 2 aliphatic rings. The smallest absolute Gasteiger partial charge is 0.407 e. The SMILES string of the molecule is COc1cc(NCCOC(=O)NCCCF)ccc1[C@@H]1c2[nH]c3ccccc3c2C[C@@H](C)N1CC1(F)COC1. The third-order valence-electron chi connectivity index (χ3n) is 7.48. The molecule has 0 saturated carbocycles. The maximum Gasteiger partial charge on any atom is 0.407 e. The number of nitrogens with zero attached hydrogens (tertiary/aromatic N) is 1. The molecule has 2 atom stereocenters. The maximum atomic E-state index is 15.4. The van der Waals surface area contributed by atoms with Crippen molar-refractivity contribution in [3.05, 3.63) is 59.3 Å². The molecule has 10 heteroatoms. The van der Waals surface area contributed by atoms with E-state index in [1.165, 1.54) is 10.9 Å². The van der Waals surface area contributed by atoms with Gasteiger partial charge in [0.1, 0.15) is 12.4 Å². The van der Waals surface area contributed by atoms with Crippen LogP contribution in [-0.2, 0) is 15.9 Å². The molecule has 2 aliphatic heterocycles. The van der Waals surface area contributed by atoms with Gasteiger partial charge in [-0.15, -0.1) is 0 Å². The molecule has 0 bridgehead atoms. The highest BCUT2D eigenvalue weighted by Crippen LogP contribution is 2.45. The Morgan fingerprint density at radius 3 is 2.79 bits per heavy atom. The van der Waals surface area contributed by atoms with Gasteiger partial charge in [-0.1, -0.05) is 24.3 Å². The number of hydrogen-bond acceptors (Lipinski definition) is 6. The van der Waals surface area contributed by atoms with E-state index in [9.17, 15) is 9.18 Å². The van der Waals surface area contributed by atoms with E-state index in [1.54, 1.807) is 7.11 Å². The van der Waals surface area contributed by atoms with Crippen molar-refractivity contribution in [2.24, 2.45) is 0 Å². The molecule has 0 aliphatic carbocycles. The summed E-state index contributed by atoms with van der Waals surface area (Å²) in [5, 5.41) is 6.94. The van der Waals surface area contributed by atoms with Gasteiger partial charge in [0.15, 0.2) is 5.67 Å². The number of alkyl halides is 2. The van der Waals surface area contributed by atoms with Gasteiger partial charge in [-0.05, 0) is 37.5 Å². The van der Waals surface area contributed by atoms with Gasteiger partial charge in [0.05, 0.1) is 33.0 Å². The molecular formula is C29H36F2N4O4. The van der Waals surface area contributed by atoms with Gasteiger partial charge < -0.3 is 29.8 Å². The summed E-state index contributed by atoms with van der Waals surface area (Å²) in [6.07, 6.45) is 0.508. The third kappa shape index (κ3) is 5.81. The highest BCUT2D eigenvalue weighted by atomic mass is 19.1. The lowest BCUT2D eigenvalue weighted by Gasteiger charge is -2.46. The van der Waals surface area contributed by atoms with Crippen molar-refractivity contribution in [3.8, 4) is 5.75 Å². The first-order valence-electron chi connectivity index (χ1n) is 13.4. The molecule has 2 aromatic carbocycles. The Balaban J connectivity index is 1.38. The summed E-state index contributed by atoms with van der Waals surface area (Å²) < 4.78 is 43.8. The number of rotatable bonds is 11. The number of aromatic nitrogens is 1. The molecule has 1 fully saturated rings. The molecule has 1 amide bonds. The summed E-state index contributed by atoms with van der Waals surface area (Å²) in [7, 11) is 1.63. The van der Waals surface area contributed by atoms with E-state index in [0.717, 1.165) is 28.9 Å². The summed E-state index contributed by atoms with van der Waals surface area (Å²) >= 11 is 0. The van der Waals surface area contributed by atoms with E-state index in [0.29, 0.717) is 12.3 Å². The number of aromatic amines is 1. The number of amides is 1. The van der Waals surface area contributed by atoms with Crippen LogP contribution in [0.1, 0.15) is 36.2 Å². The summed E-state index contributed by atoms with van der Waals surface area (Å²) in [4.78, 5) is 17.5. The Kier molecular flexibility index (Phi) is 8.23. The van der Waals surface area contributed by atoms with Gasteiger partial charge >= 0.3 is 6.09 Å². The zero-order chi connectivity index (χ0) is 27.4. The zero-order valence-corrected chi connectivity index (χ0v) is 22.4. The standard InChI is InChI=1S/C29H36F2N4O4/c1-19-14-23-21-6-3-4-7-24(21)34-26(23)27(35(19)16-29(31)17-38-18-29)22-9-8-20(15-25(22)37-2)32-12-13-39-28(36)33-11-5-10-30/h3-4,6-9,15,19,27,32,34H,5,10-14,16-18H2,1-2H3,(H,33,36)/t19-,27-/m1/s1. The fraction of sp³-hybridized carbons (Fsp3) is 0.483. The lowest BCUT2D eigenvalue weighted by Crippen LogP contribution is -2.57. The quantitative estimate of drug-likeness (QED) is 0.303. The fourth-order valence-corrected chi connectivity index (χ4v) is 5.52. The second-order valence-electron chi connectivity index (χ2n) is 10.3.